The standard InChI is InChI=1S/C11H11ClN2O4S3/c1-13(5-4-8-3-2-6-19-8)21(17,18)10-7-9(14(15)16)11(12)20-10/h2-3,6-7H,4-5H2,1H3. The summed E-state index contributed by atoms with van der Waals surface area (Å²) in [5.41, 5.74) is -0.383. The molecule has 0 saturated carbocycles. The van der Waals surface area contributed by atoms with Crippen LogP contribution in [0.3, 0.4) is 0 Å². The zero-order valence-corrected chi connectivity index (χ0v) is 14.1. The molecule has 2 aromatic rings. The maximum atomic E-state index is 12.3. The molecule has 2 aromatic heterocycles. The minimum Gasteiger partial charge on any atom is -0.258 e. The molecule has 0 spiro atoms. The molecule has 0 bridgehead atoms. The van der Waals surface area contributed by atoms with Crippen LogP contribution in [-0.2, 0) is 16.4 Å². The van der Waals surface area contributed by atoms with Crippen LogP contribution in [0.15, 0.2) is 27.8 Å². The fourth-order valence-electron chi connectivity index (χ4n) is 1.59. The van der Waals surface area contributed by atoms with Crippen LogP contribution in [0.2, 0.25) is 4.34 Å². The third kappa shape index (κ3) is 3.61. The van der Waals surface area contributed by atoms with E-state index in [9.17, 15) is 18.5 Å². The largest absolute Gasteiger partial charge is 0.300 e. The highest BCUT2D eigenvalue weighted by molar-refractivity contribution is 7.91. The number of likely N-dealkylation sites (N-methyl/N-ethyl adjacent to an activating group) is 1. The van der Waals surface area contributed by atoms with E-state index in [-0.39, 0.29) is 14.2 Å². The number of nitro groups is 1. The number of halogens is 1. The van der Waals surface area contributed by atoms with Crippen molar-refractivity contribution in [2.75, 3.05) is 13.6 Å². The van der Waals surface area contributed by atoms with Gasteiger partial charge in [0, 0.05) is 24.5 Å². The van der Waals surface area contributed by atoms with Crippen molar-refractivity contribution < 1.29 is 13.3 Å². The maximum absolute atomic E-state index is 12.3. The van der Waals surface area contributed by atoms with E-state index >= 15 is 0 Å². The van der Waals surface area contributed by atoms with Crippen molar-refractivity contribution in [1.82, 2.24) is 4.31 Å². The number of sulfonamides is 1. The van der Waals surface area contributed by atoms with Crippen molar-refractivity contribution >= 4 is 50.0 Å². The van der Waals surface area contributed by atoms with Gasteiger partial charge in [-0.2, -0.15) is 4.31 Å². The van der Waals surface area contributed by atoms with Crippen LogP contribution in [0, 0.1) is 10.1 Å². The molecule has 6 nitrogen and oxygen atoms in total. The topological polar surface area (TPSA) is 80.5 Å². The first-order chi connectivity index (χ1) is 9.82. The van der Waals surface area contributed by atoms with Gasteiger partial charge in [-0.1, -0.05) is 17.7 Å². The highest BCUT2D eigenvalue weighted by Crippen LogP contribution is 2.37. The lowest BCUT2D eigenvalue weighted by Crippen LogP contribution is -2.28. The van der Waals surface area contributed by atoms with Gasteiger partial charge in [0.25, 0.3) is 15.7 Å². The van der Waals surface area contributed by atoms with Gasteiger partial charge in [0.1, 0.15) is 4.21 Å². The molecule has 0 N–H and O–H groups in total. The predicted octanol–water partition coefficient (Wildman–Crippen LogP) is 3.23. The normalized spacial score (nSPS) is 12.0. The summed E-state index contributed by atoms with van der Waals surface area (Å²) < 4.78 is 25.6. The zero-order chi connectivity index (χ0) is 15.6. The summed E-state index contributed by atoms with van der Waals surface area (Å²) in [5.74, 6) is 0. The number of nitrogens with zero attached hydrogens (tertiary/aromatic N) is 2. The third-order valence-corrected chi connectivity index (χ3v) is 7.34. The second-order valence-corrected chi connectivity index (χ2v) is 9.10. The molecule has 0 fully saturated rings. The summed E-state index contributed by atoms with van der Waals surface area (Å²) in [7, 11) is -2.31. The minimum atomic E-state index is -3.76. The van der Waals surface area contributed by atoms with E-state index in [1.165, 1.54) is 11.4 Å². The molecule has 0 aliphatic carbocycles. The quantitative estimate of drug-likeness (QED) is 0.580. The molecule has 2 rings (SSSR count). The molecule has 0 aliphatic heterocycles. The summed E-state index contributed by atoms with van der Waals surface area (Å²) in [4.78, 5) is 11.1. The summed E-state index contributed by atoms with van der Waals surface area (Å²) in [6, 6.07) is 4.83. The Kier molecular flexibility index (Phi) is 4.99. The number of rotatable bonds is 6. The molecule has 0 aliphatic rings. The lowest BCUT2D eigenvalue weighted by atomic mass is 10.3. The van der Waals surface area contributed by atoms with Gasteiger partial charge in [0.2, 0.25) is 0 Å². The number of hydrogen-bond donors (Lipinski definition) is 0. The third-order valence-electron chi connectivity index (χ3n) is 2.76. The van der Waals surface area contributed by atoms with Crippen LogP contribution in [0.4, 0.5) is 5.69 Å². The zero-order valence-electron chi connectivity index (χ0n) is 10.9. The molecule has 21 heavy (non-hydrogen) atoms. The van der Waals surface area contributed by atoms with Gasteiger partial charge in [-0.15, -0.1) is 22.7 Å². The maximum Gasteiger partial charge on any atom is 0.300 e. The molecule has 114 valence electrons. The molecule has 10 heteroatoms. The minimum absolute atomic E-state index is 0.118. The molecule has 0 amide bonds. The summed E-state index contributed by atoms with van der Waals surface area (Å²) in [6.07, 6.45) is 0.592. The average molecular weight is 367 g/mol. The van der Waals surface area contributed by atoms with Gasteiger partial charge in [-0.3, -0.25) is 10.1 Å². The van der Waals surface area contributed by atoms with Gasteiger partial charge >= 0.3 is 0 Å². The molecule has 0 unspecified atom stereocenters. The SMILES string of the molecule is CN(CCc1cccs1)S(=O)(=O)c1cc([N+](=O)[O-])c(Cl)s1. The Bertz CT molecular complexity index is 740. The van der Waals surface area contributed by atoms with E-state index < -0.39 is 14.9 Å². The van der Waals surface area contributed by atoms with Crippen LogP contribution < -0.4 is 0 Å². The van der Waals surface area contributed by atoms with Gasteiger partial charge in [-0.05, 0) is 17.9 Å². The first kappa shape index (κ1) is 16.4. The number of thiophene rings is 2. The summed E-state index contributed by atoms with van der Waals surface area (Å²) in [5, 5.41) is 12.7. The Morgan fingerprint density at radius 1 is 1.48 bits per heavy atom. The molecule has 2 heterocycles. The lowest BCUT2D eigenvalue weighted by Gasteiger charge is -2.15. The monoisotopic (exact) mass is 366 g/mol. The molecule has 0 atom stereocenters. The van der Waals surface area contributed by atoms with Gasteiger partial charge in [0.15, 0.2) is 4.34 Å². The van der Waals surface area contributed by atoms with Gasteiger partial charge in [-0.25, -0.2) is 8.42 Å². The van der Waals surface area contributed by atoms with Crippen LogP contribution in [-0.4, -0.2) is 31.2 Å². The van der Waals surface area contributed by atoms with Gasteiger partial charge in [0.05, 0.1) is 4.92 Å². The van der Waals surface area contributed by atoms with Crippen LogP contribution in [0.5, 0.6) is 0 Å². The van der Waals surface area contributed by atoms with Crippen molar-refractivity contribution in [3.8, 4) is 0 Å². The molecule has 0 aromatic carbocycles. The van der Waals surface area contributed by atoms with Crippen molar-refractivity contribution in [3.05, 3.63) is 42.9 Å². The Balaban J connectivity index is 2.16. The Labute approximate surface area is 134 Å². The fourth-order valence-corrected chi connectivity index (χ4v) is 5.33. The highest BCUT2D eigenvalue weighted by Gasteiger charge is 2.28. The predicted molar refractivity (Wildman–Crippen MR) is 83.8 cm³/mol. The van der Waals surface area contributed by atoms with Crippen molar-refractivity contribution in [1.29, 1.82) is 0 Å². The van der Waals surface area contributed by atoms with Gasteiger partial charge < -0.3 is 0 Å². The fraction of sp³-hybridized carbons (Fsp3) is 0.273. The van der Waals surface area contributed by atoms with Crippen molar-refractivity contribution in [2.24, 2.45) is 0 Å². The van der Waals surface area contributed by atoms with E-state index in [0.29, 0.717) is 24.3 Å². The second-order valence-electron chi connectivity index (χ2n) is 4.14. The molecule has 0 saturated heterocycles. The van der Waals surface area contributed by atoms with E-state index in [4.69, 9.17) is 11.6 Å². The first-order valence-corrected chi connectivity index (χ1v) is 9.26. The Hall–Kier alpha value is -1.00. The molecular weight excluding hydrogens is 356 g/mol. The summed E-state index contributed by atoms with van der Waals surface area (Å²) in [6.45, 7) is 0.298. The molecular formula is C11H11ClN2O4S3. The van der Waals surface area contributed by atoms with Crippen molar-refractivity contribution in [3.63, 3.8) is 0 Å². The van der Waals surface area contributed by atoms with E-state index in [1.807, 2.05) is 17.5 Å². The van der Waals surface area contributed by atoms with E-state index in [1.54, 1.807) is 11.3 Å². The summed E-state index contributed by atoms with van der Waals surface area (Å²) >= 11 is 7.96. The van der Waals surface area contributed by atoms with Crippen molar-refractivity contribution in [2.45, 2.75) is 10.6 Å². The molecule has 0 radical (unpaired) electrons. The van der Waals surface area contributed by atoms with Crippen LogP contribution in [0.25, 0.3) is 0 Å². The number of hydrogen-bond acceptors (Lipinski definition) is 6. The smallest absolute Gasteiger partial charge is 0.258 e. The van der Waals surface area contributed by atoms with Crippen LogP contribution >= 0.6 is 34.3 Å². The Morgan fingerprint density at radius 3 is 2.71 bits per heavy atom. The second kappa shape index (κ2) is 6.41. The van der Waals surface area contributed by atoms with E-state index in [2.05, 4.69) is 0 Å². The first-order valence-electron chi connectivity index (χ1n) is 5.75. The van der Waals surface area contributed by atoms with E-state index in [0.717, 1.165) is 10.9 Å². The van der Waals surface area contributed by atoms with Crippen LogP contribution in [0.1, 0.15) is 4.88 Å². The Morgan fingerprint density at radius 2 is 2.19 bits per heavy atom. The lowest BCUT2D eigenvalue weighted by molar-refractivity contribution is -0.384. The highest BCUT2D eigenvalue weighted by atomic mass is 35.5. The average Bonchev–Trinajstić information content (AvgIpc) is 3.04.